The smallest absolute Gasteiger partial charge is 0.325 e. The maximum absolute atomic E-state index is 12.0. The molecule has 1 N–H and O–H groups in total. The van der Waals surface area contributed by atoms with Crippen LogP contribution in [0.2, 0.25) is 0 Å². The van der Waals surface area contributed by atoms with E-state index in [1.165, 1.54) is 0 Å². The Morgan fingerprint density at radius 2 is 2.00 bits per heavy atom. The lowest BCUT2D eigenvalue weighted by Crippen LogP contribution is -2.51. The zero-order chi connectivity index (χ0) is 12.3. The Morgan fingerprint density at radius 1 is 1.29 bits per heavy atom. The summed E-state index contributed by atoms with van der Waals surface area (Å²) in [5.41, 5.74) is -0.553. The fraction of sp³-hybridized carbons (Fsp3) is 0.833. The number of methoxy groups -OCH3 is 1. The van der Waals surface area contributed by atoms with Crippen molar-refractivity contribution in [1.82, 2.24) is 10.2 Å². The Balaban J connectivity index is 2.08. The molecule has 96 valence electrons. The Morgan fingerprint density at radius 3 is 2.65 bits per heavy atom. The molecule has 0 aromatic carbocycles. The van der Waals surface area contributed by atoms with E-state index >= 15 is 0 Å². The lowest BCUT2D eigenvalue weighted by atomic mass is 9.80. The van der Waals surface area contributed by atoms with E-state index in [-0.39, 0.29) is 11.9 Å². The van der Waals surface area contributed by atoms with E-state index in [4.69, 9.17) is 4.74 Å². The first kappa shape index (κ1) is 12.4. The van der Waals surface area contributed by atoms with Gasteiger partial charge in [0.15, 0.2) is 0 Å². The van der Waals surface area contributed by atoms with Crippen LogP contribution in [0.5, 0.6) is 0 Å². The number of carbonyl (C=O) groups is 2. The molecule has 17 heavy (non-hydrogen) atoms. The number of carbonyl (C=O) groups excluding carboxylic acids is 2. The molecule has 0 aromatic heterocycles. The topological polar surface area (TPSA) is 58.6 Å². The first-order valence-corrected chi connectivity index (χ1v) is 6.33. The molecule has 5 heteroatoms. The van der Waals surface area contributed by atoms with E-state index in [0.717, 1.165) is 38.5 Å². The van der Waals surface area contributed by atoms with Crippen molar-refractivity contribution in [2.24, 2.45) is 0 Å². The summed E-state index contributed by atoms with van der Waals surface area (Å²) in [5.74, 6) is -0.0976. The van der Waals surface area contributed by atoms with Gasteiger partial charge in [-0.25, -0.2) is 4.79 Å². The van der Waals surface area contributed by atoms with Crippen LogP contribution in [0.3, 0.4) is 0 Å². The fourth-order valence-electron chi connectivity index (χ4n) is 2.91. The molecule has 1 saturated heterocycles. The summed E-state index contributed by atoms with van der Waals surface area (Å²) in [4.78, 5) is 25.5. The van der Waals surface area contributed by atoms with E-state index in [9.17, 15) is 9.59 Å². The van der Waals surface area contributed by atoms with Crippen molar-refractivity contribution in [3.05, 3.63) is 0 Å². The largest absolute Gasteiger partial charge is 0.385 e. The maximum Gasteiger partial charge on any atom is 0.325 e. The van der Waals surface area contributed by atoms with E-state index in [2.05, 4.69) is 5.32 Å². The highest BCUT2D eigenvalue weighted by atomic mass is 16.5. The van der Waals surface area contributed by atoms with E-state index < -0.39 is 5.54 Å². The quantitative estimate of drug-likeness (QED) is 0.595. The molecule has 2 fully saturated rings. The molecule has 3 amide bonds. The van der Waals surface area contributed by atoms with Crippen LogP contribution < -0.4 is 5.32 Å². The van der Waals surface area contributed by atoms with Crippen molar-refractivity contribution in [2.75, 3.05) is 20.3 Å². The van der Waals surface area contributed by atoms with E-state index in [1.54, 1.807) is 12.0 Å². The van der Waals surface area contributed by atoms with Gasteiger partial charge in [0, 0.05) is 20.3 Å². The number of urea groups is 1. The average molecular weight is 240 g/mol. The molecule has 1 aliphatic heterocycles. The number of nitrogens with zero attached hydrogens (tertiary/aromatic N) is 1. The Kier molecular flexibility index (Phi) is 3.66. The first-order valence-electron chi connectivity index (χ1n) is 6.33. The number of nitrogens with one attached hydrogen (secondary N) is 1. The second-order valence-corrected chi connectivity index (χ2v) is 4.85. The fourth-order valence-corrected chi connectivity index (χ4v) is 2.91. The first-order chi connectivity index (χ1) is 8.20. The zero-order valence-electron chi connectivity index (χ0n) is 10.3. The molecule has 1 saturated carbocycles. The van der Waals surface area contributed by atoms with E-state index in [1.807, 2.05) is 0 Å². The third-order valence-electron chi connectivity index (χ3n) is 3.82. The Bertz CT molecular complexity index is 311. The number of rotatable bonds is 4. The molecule has 2 rings (SSSR count). The third kappa shape index (κ3) is 2.16. The molecule has 1 heterocycles. The number of amides is 3. The minimum absolute atomic E-state index is 0.0976. The standard InChI is InChI=1S/C12H20N2O3/c1-17-9-5-8-14-11(16)13-10(15)12(14)6-3-2-4-7-12/h2-9H2,1H3,(H,13,15,16). The van der Waals surface area contributed by atoms with Crippen LogP contribution in [-0.4, -0.2) is 42.6 Å². The zero-order valence-corrected chi connectivity index (χ0v) is 10.3. The number of hydrogen-bond acceptors (Lipinski definition) is 3. The van der Waals surface area contributed by atoms with Gasteiger partial charge in [0.05, 0.1) is 0 Å². The van der Waals surface area contributed by atoms with Gasteiger partial charge in [-0.2, -0.15) is 0 Å². The van der Waals surface area contributed by atoms with Crippen molar-refractivity contribution >= 4 is 11.9 Å². The summed E-state index contributed by atoms with van der Waals surface area (Å²) >= 11 is 0. The van der Waals surface area contributed by atoms with Gasteiger partial charge in [-0.15, -0.1) is 0 Å². The number of ether oxygens (including phenoxy) is 1. The molecule has 0 radical (unpaired) electrons. The van der Waals surface area contributed by atoms with E-state index in [0.29, 0.717) is 13.2 Å². The summed E-state index contributed by atoms with van der Waals surface area (Å²) in [6.07, 6.45) is 5.60. The van der Waals surface area contributed by atoms with Crippen molar-refractivity contribution in [3.8, 4) is 0 Å². The molecule has 0 atom stereocenters. The molecule has 0 unspecified atom stereocenters. The van der Waals surface area contributed by atoms with Crippen molar-refractivity contribution < 1.29 is 14.3 Å². The second-order valence-electron chi connectivity index (χ2n) is 4.85. The van der Waals surface area contributed by atoms with Crippen LogP contribution in [-0.2, 0) is 9.53 Å². The number of hydrogen-bond donors (Lipinski definition) is 1. The molecule has 1 aliphatic carbocycles. The Labute approximate surface area is 101 Å². The van der Waals surface area contributed by atoms with Gasteiger partial charge in [0.2, 0.25) is 0 Å². The maximum atomic E-state index is 12.0. The molecule has 1 spiro atoms. The minimum Gasteiger partial charge on any atom is -0.385 e. The van der Waals surface area contributed by atoms with Crippen LogP contribution in [0.1, 0.15) is 38.5 Å². The van der Waals surface area contributed by atoms with Gasteiger partial charge < -0.3 is 9.64 Å². The summed E-state index contributed by atoms with van der Waals surface area (Å²) < 4.78 is 5.00. The highest BCUT2D eigenvalue weighted by Gasteiger charge is 2.52. The predicted octanol–water partition coefficient (Wildman–Crippen LogP) is 1.28. The Hall–Kier alpha value is -1.10. The minimum atomic E-state index is -0.553. The lowest BCUT2D eigenvalue weighted by molar-refractivity contribution is -0.128. The third-order valence-corrected chi connectivity index (χ3v) is 3.82. The molecular weight excluding hydrogens is 220 g/mol. The summed E-state index contributed by atoms with van der Waals surface area (Å²) in [6, 6.07) is -0.229. The average Bonchev–Trinajstić information content (AvgIpc) is 2.55. The van der Waals surface area contributed by atoms with Gasteiger partial charge in [-0.3, -0.25) is 10.1 Å². The summed E-state index contributed by atoms with van der Waals surface area (Å²) in [6.45, 7) is 1.22. The van der Waals surface area contributed by atoms with Crippen LogP contribution in [0.25, 0.3) is 0 Å². The van der Waals surface area contributed by atoms with Crippen LogP contribution in [0.4, 0.5) is 4.79 Å². The van der Waals surface area contributed by atoms with Crippen LogP contribution in [0.15, 0.2) is 0 Å². The lowest BCUT2D eigenvalue weighted by Gasteiger charge is -2.38. The SMILES string of the molecule is COCCCN1C(=O)NC(=O)C12CCCCC2. The van der Waals surface area contributed by atoms with Crippen molar-refractivity contribution in [1.29, 1.82) is 0 Å². The highest BCUT2D eigenvalue weighted by Crippen LogP contribution is 2.37. The van der Waals surface area contributed by atoms with Gasteiger partial charge >= 0.3 is 6.03 Å². The van der Waals surface area contributed by atoms with Crippen LogP contribution in [0, 0.1) is 0 Å². The van der Waals surface area contributed by atoms with Crippen molar-refractivity contribution in [2.45, 2.75) is 44.1 Å². The molecular formula is C12H20N2O3. The molecule has 5 nitrogen and oxygen atoms in total. The molecule has 2 aliphatic rings. The van der Waals surface area contributed by atoms with Crippen LogP contribution >= 0.6 is 0 Å². The second kappa shape index (κ2) is 5.04. The normalized spacial score (nSPS) is 23.2. The van der Waals surface area contributed by atoms with Gasteiger partial charge in [-0.1, -0.05) is 19.3 Å². The molecule has 0 bridgehead atoms. The summed E-state index contributed by atoms with van der Waals surface area (Å²) in [5, 5.41) is 2.46. The summed E-state index contributed by atoms with van der Waals surface area (Å²) in [7, 11) is 1.64. The highest BCUT2D eigenvalue weighted by molar-refractivity contribution is 6.07. The molecule has 0 aromatic rings. The van der Waals surface area contributed by atoms with Crippen molar-refractivity contribution in [3.63, 3.8) is 0 Å². The number of imide groups is 1. The monoisotopic (exact) mass is 240 g/mol. The van der Waals surface area contributed by atoms with Gasteiger partial charge in [-0.05, 0) is 19.3 Å². The van der Waals surface area contributed by atoms with Gasteiger partial charge in [0.1, 0.15) is 5.54 Å². The van der Waals surface area contributed by atoms with Gasteiger partial charge in [0.25, 0.3) is 5.91 Å². The predicted molar refractivity (Wildman–Crippen MR) is 62.6 cm³/mol.